The van der Waals surface area contributed by atoms with Crippen molar-refractivity contribution in [2.45, 2.75) is 33.8 Å². The number of aliphatic hydroxyl groups is 1. The van der Waals surface area contributed by atoms with Crippen LogP contribution in [0.5, 0.6) is 11.5 Å². The summed E-state index contributed by atoms with van der Waals surface area (Å²) in [6.07, 6.45) is 1.88. The fourth-order valence-electron chi connectivity index (χ4n) is 3.07. The topological polar surface area (TPSA) is 94.4 Å². The second-order valence-electron chi connectivity index (χ2n) is 7.13. The van der Waals surface area contributed by atoms with E-state index in [-0.39, 0.29) is 29.4 Å². The fraction of sp³-hybridized carbons (Fsp3) is 0.269. The van der Waals surface area contributed by atoms with Crippen LogP contribution in [0.4, 0.5) is 0 Å². The molecular weight excluding hydrogens is 454 g/mol. The van der Waals surface area contributed by atoms with Crippen molar-refractivity contribution in [1.82, 2.24) is 0 Å². The molecule has 0 saturated heterocycles. The van der Waals surface area contributed by atoms with E-state index in [1.807, 2.05) is 43.3 Å². The van der Waals surface area contributed by atoms with Crippen LogP contribution in [0, 0.1) is 0 Å². The van der Waals surface area contributed by atoms with Crippen LogP contribution in [0.1, 0.15) is 38.3 Å². The summed E-state index contributed by atoms with van der Waals surface area (Å²) in [6.45, 7) is 6.20. The number of esters is 1. The third-order valence-corrected chi connectivity index (χ3v) is 5.72. The number of rotatable bonds is 9. The summed E-state index contributed by atoms with van der Waals surface area (Å²) in [5, 5.41) is 10.9. The minimum absolute atomic E-state index is 0.104. The van der Waals surface area contributed by atoms with Gasteiger partial charge in [0.1, 0.15) is 23.0 Å². The highest BCUT2D eigenvalue weighted by atomic mass is 32.2. The van der Waals surface area contributed by atoms with Gasteiger partial charge in [-0.15, -0.1) is 0 Å². The second-order valence-corrected chi connectivity index (χ2v) is 8.16. The Morgan fingerprint density at radius 1 is 1.00 bits per heavy atom. The molecule has 0 radical (unpaired) electrons. The van der Waals surface area contributed by atoms with Gasteiger partial charge in [0.2, 0.25) is 5.91 Å². The minimum atomic E-state index is -0.724. The normalized spacial score (nSPS) is 15.6. The maximum atomic E-state index is 12.4. The van der Waals surface area contributed by atoms with Gasteiger partial charge in [0.05, 0.1) is 18.1 Å². The van der Waals surface area contributed by atoms with E-state index < -0.39 is 11.9 Å². The predicted molar refractivity (Wildman–Crippen MR) is 133 cm³/mol. The monoisotopic (exact) mass is 481 g/mol. The lowest BCUT2D eigenvalue weighted by Gasteiger charge is -2.13. The number of carbonyl (C=O) groups excluding carboxylic acids is 2. The van der Waals surface area contributed by atoms with E-state index in [1.165, 1.54) is 0 Å². The van der Waals surface area contributed by atoms with Crippen molar-refractivity contribution in [3.05, 3.63) is 75.9 Å². The molecule has 8 heteroatoms. The summed E-state index contributed by atoms with van der Waals surface area (Å²) >= 11 is 1.04. The van der Waals surface area contributed by atoms with Crippen molar-refractivity contribution in [1.29, 1.82) is 0 Å². The van der Waals surface area contributed by atoms with Gasteiger partial charge in [-0.25, -0.2) is 9.79 Å². The summed E-state index contributed by atoms with van der Waals surface area (Å²) in [4.78, 5) is 28.6. The minimum Gasteiger partial charge on any atom is -0.506 e. The van der Waals surface area contributed by atoms with Crippen LogP contribution in [0.15, 0.2) is 69.8 Å². The molecule has 1 N–H and O–H groups in total. The van der Waals surface area contributed by atoms with E-state index in [1.54, 1.807) is 32.1 Å². The highest BCUT2D eigenvalue weighted by Gasteiger charge is 2.33. The molecule has 2 aromatic carbocycles. The number of aliphatic imine (C=N–C) groups is 1. The number of thioether (sulfide) groups is 1. The van der Waals surface area contributed by atoms with Crippen LogP contribution < -0.4 is 9.47 Å². The lowest BCUT2D eigenvalue weighted by Crippen LogP contribution is -2.14. The summed E-state index contributed by atoms with van der Waals surface area (Å²) < 4.78 is 16.7. The van der Waals surface area contributed by atoms with Gasteiger partial charge in [-0.3, -0.25) is 4.79 Å². The van der Waals surface area contributed by atoms with Gasteiger partial charge in [0.25, 0.3) is 0 Å². The van der Waals surface area contributed by atoms with E-state index in [9.17, 15) is 14.7 Å². The molecule has 0 atom stereocenters. The Labute approximate surface area is 203 Å². The standard InChI is InChI=1S/C26H27NO6S/c1-4-22(28)27-25-23(26(30)32-6-3)24(29)21(34-25)15-18-12-13-19(20(14-18)31-5-2)33-16-17-10-8-7-9-11-17/h7-15,29H,4-6,16H2,1-3H3/b21-15-,27-25?. The molecule has 1 amide bonds. The molecule has 2 aromatic rings. The smallest absolute Gasteiger partial charge is 0.344 e. The first-order valence-electron chi connectivity index (χ1n) is 11.0. The van der Waals surface area contributed by atoms with Crippen LogP contribution in [0.25, 0.3) is 6.08 Å². The number of aliphatic hydroxyl groups excluding tert-OH is 1. The highest BCUT2D eigenvalue weighted by molar-refractivity contribution is 8.18. The SMILES string of the molecule is CCOC(=O)C1=C(O)/C(=C/c2ccc(OCc3ccccc3)c(OCC)c2)SC1=NC(=O)CC. The molecule has 178 valence electrons. The molecule has 1 heterocycles. The Morgan fingerprint density at radius 3 is 2.44 bits per heavy atom. The van der Waals surface area contributed by atoms with Crippen molar-refractivity contribution in [2.75, 3.05) is 13.2 Å². The van der Waals surface area contributed by atoms with Crippen molar-refractivity contribution < 1.29 is 28.9 Å². The largest absolute Gasteiger partial charge is 0.506 e. The molecular formula is C26H27NO6S. The van der Waals surface area contributed by atoms with E-state index in [4.69, 9.17) is 14.2 Å². The van der Waals surface area contributed by atoms with Crippen LogP contribution in [0.3, 0.4) is 0 Å². The molecule has 7 nitrogen and oxygen atoms in total. The average molecular weight is 482 g/mol. The molecule has 0 fully saturated rings. The van der Waals surface area contributed by atoms with Crippen molar-refractivity contribution in [3.8, 4) is 11.5 Å². The third-order valence-electron chi connectivity index (χ3n) is 4.70. The third kappa shape index (κ3) is 6.29. The van der Waals surface area contributed by atoms with Crippen LogP contribution in [-0.4, -0.2) is 35.2 Å². The molecule has 1 aliphatic rings. The van der Waals surface area contributed by atoms with E-state index in [0.717, 1.165) is 22.9 Å². The Morgan fingerprint density at radius 2 is 1.76 bits per heavy atom. The average Bonchev–Trinajstić information content (AvgIpc) is 3.13. The van der Waals surface area contributed by atoms with Gasteiger partial charge in [0, 0.05) is 6.42 Å². The number of benzene rings is 2. The summed E-state index contributed by atoms with van der Waals surface area (Å²) in [6, 6.07) is 15.2. The quantitative estimate of drug-likeness (QED) is 0.475. The van der Waals surface area contributed by atoms with Crippen LogP contribution >= 0.6 is 11.8 Å². The summed E-state index contributed by atoms with van der Waals surface area (Å²) in [7, 11) is 0. The lowest BCUT2D eigenvalue weighted by molar-refractivity contribution is -0.138. The molecule has 0 spiro atoms. The number of hydrogen-bond acceptors (Lipinski definition) is 7. The van der Waals surface area contributed by atoms with Crippen molar-refractivity contribution in [3.63, 3.8) is 0 Å². The molecule has 0 aromatic heterocycles. The zero-order valence-corrected chi connectivity index (χ0v) is 20.2. The van der Waals surface area contributed by atoms with Crippen molar-refractivity contribution >= 4 is 34.8 Å². The molecule has 34 heavy (non-hydrogen) atoms. The van der Waals surface area contributed by atoms with Gasteiger partial charge in [0.15, 0.2) is 11.5 Å². The zero-order chi connectivity index (χ0) is 24.5. The molecule has 3 rings (SSSR count). The number of hydrogen-bond donors (Lipinski definition) is 1. The summed E-state index contributed by atoms with van der Waals surface area (Å²) in [5.74, 6) is -0.238. The zero-order valence-electron chi connectivity index (χ0n) is 19.4. The fourth-order valence-corrected chi connectivity index (χ4v) is 4.10. The van der Waals surface area contributed by atoms with E-state index in [0.29, 0.717) is 29.6 Å². The molecule has 0 bridgehead atoms. The first-order chi connectivity index (χ1) is 16.5. The number of amides is 1. The van der Waals surface area contributed by atoms with Gasteiger partial charge in [-0.1, -0.05) is 55.1 Å². The second kappa shape index (κ2) is 12.1. The first-order valence-corrected chi connectivity index (χ1v) is 11.8. The number of carbonyl (C=O) groups is 2. The number of nitrogens with zero attached hydrogens (tertiary/aromatic N) is 1. The summed E-state index contributed by atoms with van der Waals surface area (Å²) in [5.41, 5.74) is 1.65. The van der Waals surface area contributed by atoms with Crippen molar-refractivity contribution in [2.24, 2.45) is 4.99 Å². The first kappa shape index (κ1) is 25.1. The lowest BCUT2D eigenvalue weighted by atomic mass is 10.1. The Hall–Kier alpha value is -3.52. The molecule has 0 aliphatic carbocycles. The molecule has 0 unspecified atom stereocenters. The Kier molecular flexibility index (Phi) is 8.93. The molecule has 1 aliphatic heterocycles. The van der Waals surface area contributed by atoms with Gasteiger partial charge < -0.3 is 19.3 Å². The Balaban J connectivity index is 1.91. The van der Waals surface area contributed by atoms with E-state index >= 15 is 0 Å². The Bertz CT molecular complexity index is 1140. The van der Waals surface area contributed by atoms with E-state index in [2.05, 4.69) is 4.99 Å². The maximum absolute atomic E-state index is 12.4. The highest BCUT2D eigenvalue weighted by Crippen LogP contribution is 2.40. The van der Waals surface area contributed by atoms with Gasteiger partial charge in [-0.05, 0) is 43.2 Å². The molecule has 0 saturated carbocycles. The number of ether oxygens (including phenoxy) is 3. The van der Waals surface area contributed by atoms with Gasteiger partial charge >= 0.3 is 5.97 Å². The van der Waals surface area contributed by atoms with Gasteiger partial charge in [-0.2, -0.15) is 0 Å². The predicted octanol–water partition coefficient (Wildman–Crippen LogP) is 5.46. The van der Waals surface area contributed by atoms with Crippen LogP contribution in [0.2, 0.25) is 0 Å². The van der Waals surface area contributed by atoms with Crippen LogP contribution in [-0.2, 0) is 20.9 Å². The maximum Gasteiger partial charge on any atom is 0.344 e.